The number of non-ortho nitro benzene ring substituents is 1. The average molecular weight is 445 g/mol. The fraction of sp³-hybridized carbons (Fsp3) is 0.130. The number of amides is 1. The van der Waals surface area contributed by atoms with E-state index < -0.39 is 23.4 Å². The minimum atomic E-state index is -0.736. The third-order valence-electron chi connectivity index (χ3n) is 4.69. The van der Waals surface area contributed by atoms with Gasteiger partial charge in [0.2, 0.25) is 0 Å². The van der Waals surface area contributed by atoms with E-state index in [-0.39, 0.29) is 16.9 Å². The van der Waals surface area contributed by atoms with Crippen molar-refractivity contribution in [2.75, 3.05) is 11.9 Å². The quantitative estimate of drug-likeness (QED) is 0.254. The number of nitrogens with one attached hydrogen (secondary N) is 1. The largest absolute Gasteiger partial charge is 0.452 e. The van der Waals surface area contributed by atoms with Crippen molar-refractivity contribution in [3.05, 3.63) is 87.2 Å². The van der Waals surface area contributed by atoms with E-state index in [1.165, 1.54) is 12.1 Å². The molecule has 0 radical (unpaired) electrons. The number of carbonyl (C=O) groups excluding carboxylic acids is 2. The van der Waals surface area contributed by atoms with Crippen LogP contribution >= 0.6 is 0 Å². The molecule has 10 heteroatoms. The zero-order valence-electron chi connectivity index (χ0n) is 17.8. The van der Waals surface area contributed by atoms with Crippen LogP contribution in [-0.2, 0) is 14.3 Å². The second kappa shape index (κ2) is 10.0. The summed E-state index contributed by atoms with van der Waals surface area (Å²) >= 11 is 0. The van der Waals surface area contributed by atoms with Gasteiger partial charge in [-0.25, -0.2) is 9.48 Å². The molecule has 10 nitrogen and oxygen atoms in total. The highest BCUT2D eigenvalue weighted by molar-refractivity contribution is 5.95. The van der Waals surface area contributed by atoms with Gasteiger partial charge in [-0.05, 0) is 38.1 Å². The number of ether oxygens (including phenoxy) is 1. The van der Waals surface area contributed by atoms with Crippen LogP contribution in [0, 0.1) is 35.3 Å². The second-order valence-corrected chi connectivity index (χ2v) is 6.92. The summed E-state index contributed by atoms with van der Waals surface area (Å²) in [6, 6.07) is 14.8. The highest BCUT2D eigenvalue weighted by Crippen LogP contribution is 2.21. The molecule has 1 amide bonds. The van der Waals surface area contributed by atoms with Crippen molar-refractivity contribution in [3.63, 3.8) is 0 Å². The van der Waals surface area contributed by atoms with Gasteiger partial charge >= 0.3 is 5.97 Å². The molecule has 33 heavy (non-hydrogen) atoms. The van der Waals surface area contributed by atoms with E-state index in [9.17, 15) is 19.7 Å². The fourth-order valence-corrected chi connectivity index (χ4v) is 3.09. The van der Waals surface area contributed by atoms with E-state index in [1.807, 2.05) is 44.2 Å². The molecule has 1 heterocycles. The number of rotatable bonds is 7. The summed E-state index contributed by atoms with van der Waals surface area (Å²) in [5.74, 6) is -1.42. The van der Waals surface area contributed by atoms with Crippen molar-refractivity contribution in [3.8, 4) is 11.8 Å². The molecule has 0 aliphatic heterocycles. The van der Waals surface area contributed by atoms with E-state index in [2.05, 4.69) is 10.4 Å². The van der Waals surface area contributed by atoms with Gasteiger partial charge < -0.3 is 10.1 Å². The summed E-state index contributed by atoms with van der Waals surface area (Å²) in [4.78, 5) is 34.3. The van der Waals surface area contributed by atoms with E-state index in [4.69, 9.17) is 10.00 Å². The zero-order valence-corrected chi connectivity index (χ0v) is 17.8. The number of nitro groups is 1. The fourth-order valence-electron chi connectivity index (χ4n) is 3.09. The molecule has 1 N–H and O–H groups in total. The Morgan fingerprint density at radius 3 is 2.64 bits per heavy atom. The van der Waals surface area contributed by atoms with Crippen molar-refractivity contribution in [2.45, 2.75) is 13.8 Å². The van der Waals surface area contributed by atoms with Crippen LogP contribution in [-0.4, -0.2) is 33.2 Å². The van der Waals surface area contributed by atoms with Crippen LogP contribution in [0.15, 0.2) is 54.6 Å². The van der Waals surface area contributed by atoms with Crippen LogP contribution in [0.3, 0.4) is 0 Å². The smallest absolute Gasteiger partial charge is 0.331 e. The lowest BCUT2D eigenvalue weighted by Crippen LogP contribution is -2.20. The Balaban J connectivity index is 1.61. The van der Waals surface area contributed by atoms with Crippen molar-refractivity contribution < 1.29 is 19.2 Å². The highest BCUT2D eigenvalue weighted by Gasteiger charge is 2.14. The maximum Gasteiger partial charge on any atom is 0.331 e. The van der Waals surface area contributed by atoms with Crippen molar-refractivity contribution in [1.82, 2.24) is 9.78 Å². The van der Waals surface area contributed by atoms with Crippen LogP contribution < -0.4 is 5.32 Å². The first kappa shape index (κ1) is 22.9. The van der Waals surface area contributed by atoms with Gasteiger partial charge in [0.1, 0.15) is 6.07 Å². The molecular formula is C23H19N5O5. The van der Waals surface area contributed by atoms with E-state index in [0.717, 1.165) is 34.8 Å². The number of carbonyl (C=O) groups is 2. The molecule has 1 aromatic heterocycles. The molecule has 0 saturated carbocycles. The van der Waals surface area contributed by atoms with Gasteiger partial charge in [0.15, 0.2) is 6.61 Å². The van der Waals surface area contributed by atoms with Crippen LogP contribution in [0.1, 0.15) is 22.5 Å². The number of benzene rings is 2. The zero-order chi connectivity index (χ0) is 24.0. The normalized spacial score (nSPS) is 10.6. The second-order valence-electron chi connectivity index (χ2n) is 6.92. The van der Waals surface area contributed by atoms with Gasteiger partial charge in [0.05, 0.1) is 27.6 Å². The first-order valence-electron chi connectivity index (χ1n) is 9.75. The minimum absolute atomic E-state index is 0.0786. The molecule has 0 unspecified atom stereocenters. The van der Waals surface area contributed by atoms with Gasteiger partial charge in [-0.15, -0.1) is 0 Å². The molecule has 0 fully saturated rings. The first-order valence-corrected chi connectivity index (χ1v) is 9.75. The number of nitriles is 1. The number of aryl methyl sites for hydroxylation is 1. The van der Waals surface area contributed by atoms with E-state index in [0.29, 0.717) is 0 Å². The Bertz CT molecular complexity index is 1290. The summed E-state index contributed by atoms with van der Waals surface area (Å²) in [5.41, 5.74) is 2.93. The van der Waals surface area contributed by atoms with Crippen molar-refractivity contribution >= 4 is 29.3 Å². The predicted octanol–water partition coefficient (Wildman–Crippen LogP) is 3.46. The van der Waals surface area contributed by atoms with Crippen molar-refractivity contribution in [2.24, 2.45) is 0 Å². The Kier molecular flexibility index (Phi) is 6.95. The molecule has 2 aromatic carbocycles. The third kappa shape index (κ3) is 5.48. The highest BCUT2D eigenvalue weighted by atomic mass is 16.6. The number of aromatic nitrogens is 2. The number of hydrogen-bond donors (Lipinski definition) is 1. The Labute approximate surface area is 188 Å². The van der Waals surface area contributed by atoms with Gasteiger partial charge in [-0.2, -0.15) is 10.4 Å². The molecule has 0 spiro atoms. The van der Waals surface area contributed by atoms with Crippen molar-refractivity contribution in [1.29, 1.82) is 5.26 Å². The lowest BCUT2D eigenvalue weighted by Gasteiger charge is -2.07. The molecule has 0 aliphatic carbocycles. The molecule has 0 aliphatic rings. The average Bonchev–Trinajstić information content (AvgIpc) is 3.10. The number of anilines is 1. The van der Waals surface area contributed by atoms with Gasteiger partial charge in [0, 0.05) is 29.5 Å². The van der Waals surface area contributed by atoms with Crippen LogP contribution in [0.25, 0.3) is 11.8 Å². The number of para-hydroxylation sites is 1. The topological polar surface area (TPSA) is 140 Å². The lowest BCUT2D eigenvalue weighted by atomic mass is 10.1. The van der Waals surface area contributed by atoms with Gasteiger partial charge in [-0.1, -0.05) is 18.2 Å². The van der Waals surface area contributed by atoms with E-state index >= 15 is 0 Å². The summed E-state index contributed by atoms with van der Waals surface area (Å²) < 4.78 is 6.72. The first-order chi connectivity index (χ1) is 15.8. The standard InChI is InChI=1S/C23H19N5O5/c1-15-20(16(2)27(26-15)18-6-4-3-5-7-18)9-11-23(30)33-14-22(29)25-21-10-8-19(28(31)32)12-17(21)13-24/h3-12H,14H2,1-2H3,(H,25,29). The third-order valence-corrected chi connectivity index (χ3v) is 4.69. The Hall–Kier alpha value is -4.78. The van der Waals surface area contributed by atoms with Crippen LogP contribution in [0.4, 0.5) is 11.4 Å². The molecule has 166 valence electrons. The number of hydrogen-bond acceptors (Lipinski definition) is 7. The molecule has 0 bridgehead atoms. The monoisotopic (exact) mass is 445 g/mol. The summed E-state index contributed by atoms with van der Waals surface area (Å²) in [6.07, 6.45) is 2.77. The predicted molar refractivity (Wildman–Crippen MR) is 119 cm³/mol. The number of nitrogens with zero attached hydrogens (tertiary/aromatic N) is 4. The van der Waals surface area contributed by atoms with Gasteiger partial charge in [-0.3, -0.25) is 14.9 Å². The SMILES string of the molecule is Cc1nn(-c2ccccc2)c(C)c1C=CC(=O)OCC(=O)Nc1ccc([N+](=O)[O-])cc1C#N. The lowest BCUT2D eigenvalue weighted by molar-refractivity contribution is -0.384. The van der Waals surface area contributed by atoms with Crippen LogP contribution in [0.5, 0.6) is 0 Å². The van der Waals surface area contributed by atoms with E-state index in [1.54, 1.807) is 16.8 Å². The van der Waals surface area contributed by atoms with Crippen LogP contribution in [0.2, 0.25) is 0 Å². The Morgan fingerprint density at radius 1 is 1.24 bits per heavy atom. The summed E-state index contributed by atoms with van der Waals surface area (Å²) in [5, 5.41) is 26.8. The number of nitro benzene ring substituents is 1. The molecular weight excluding hydrogens is 426 g/mol. The minimum Gasteiger partial charge on any atom is -0.452 e. The molecule has 3 rings (SSSR count). The maximum atomic E-state index is 12.1. The van der Waals surface area contributed by atoms with Gasteiger partial charge in [0.25, 0.3) is 11.6 Å². The molecule has 0 saturated heterocycles. The summed E-state index contributed by atoms with van der Waals surface area (Å²) in [6.45, 7) is 3.11. The number of esters is 1. The molecule has 0 atom stereocenters. The summed E-state index contributed by atoms with van der Waals surface area (Å²) in [7, 11) is 0. The maximum absolute atomic E-state index is 12.1. The molecule has 3 aromatic rings. The Morgan fingerprint density at radius 2 is 1.97 bits per heavy atom.